The van der Waals surface area contributed by atoms with E-state index >= 15 is 0 Å². The molecule has 0 aromatic carbocycles. The molecule has 0 aromatic rings. The third-order valence-corrected chi connectivity index (χ3v) is 2.77. The van der Waals surface area contributed by atoms with Gasteiger partial charge in [0.1, 0.15) is 0 Å². The molecule has 3 nitrogen and oxygen atoms in total. The van der Waals surface area contributed by atoms with Crippen LogP contribution in [0.2, 0.25) is 0 Å². The SMILES string of the molecule is CCC(C)C(O)CNC(C)CCCO. The van der Waals surface area contributed by atoms with E-state index in [0.717, 1.165) is 19.3 Å². The van der Waals surface area contributed by atoms with Gasteiger partial charge in [0, 0.05) is 19.2 Å². The first-order chi connectivity index (χ1) is 6.61. The molecule has 0 amide bonds. The van der Waals surface area contributed by atoms with Gasteiger partial charge in [-0.2, -0.15) is 0 Å². The maximum atomic E-state index is 9.68. The largest absolute Gasteiger partial charge is 0.396 e. The van der Waals surface area contributed by atoms with E-state index in [9.17, 15) is 5.11 Å². The number of nitrogens with one attached hydrogen (secondary N) is 1. The van der Waals surface area contributed by atoms with Crippen LogP contribution in [0.4, 0.5) is 0 Å². The van der Waals surface area contributed by atoms with Crippen molar-refractivity contribution in [1.29, 1.82) is 0 Å². The highest BCUT2D eigenvalue weighted by atomic mass is 16.3. The molecule has 3 atom stereocenters. The van der Waals surface area contributed by atoms with E-state index in [4.69, 9.17) is 5.11 Å². The lowest BCUT2D eigenvalue weighted by Crippen LogP contribution is -2.36. The number of hydrogen-bond donors (Lipinski definition) is 3. The molecule has 0 bridgehead atoms. The number of hydrogen-bond acceptors (Lipinski definition) is 3. The van der Waals surface area contributed by atoms with Crippen molar-refractivity contribution in [2.24, 2.45) is 5.92 Å². The van der Waals surface area contributed by atoms with E-state index in [1.165, 1.54) is 0 Å². The normalized spacial score (nSPS) is 17.8. The Labute approximate surface area is 87.5 Å². The Bertz CT molecular complexity index is 130. The fraction of sp³-hybridized carbons (Fsp3) is 1.00. The molecule has 0 heterocycles. The van der Waals surface area contributed by atoms with Crippen LogP contribution in [0.3, 0.4) is 0 Å². The molecule has 0 aromatic heterocycles. The third-order valence-electron chi connectivity index (χ3n) is 2.77. The Morgan fingerprint density at radius 2 is 1.93 bits per heavy atom. The van der Waals surface area contributed by atoms with E-state index in [-0.39, 0.29) is 12.7 Å². The van der Waals surface area contributed by atoms with Crippen LogP contribution in [0.15, 0.2) is 0 Å². The quantitative estimate of drug-likeness (QED) is 0.554. The molecule has 3 heteroatoms. The minimum atomic E-state index is -0.253. The minimum absolute atomic E-state index is 0.250. The Balaban J connectivity index is 3.50. The molecule has 3 N–H and O–H groups in total. The van der Waals surface area contributed by atoms with Crippen LogP contribution in [-0.2, 0) is 0 Å². The lowest BCUT2D eigenvalue weighted by Gasteiger charge is -2.20. The van der Waals surface area contributed by atoms with Crippen LogP contribution in [0.25, 0.3) is 0 Å². The smallest absolute Gasteiger partial charge is 0.0690 e. The van der Waals surface area contributed by atoms with Gasteiger partial charge < -0.3 is 15.5 Å². The fourth-order valence-electron chi connectivity index (χ4n) is 1.29. The lowest BCUT2D eigenvalue weighted by atomic mass is 10.0. The number of rotatable bonds is 8. The lowest BCUT2D eigenvalue weighted by molar-refractivity contribution is 0.109. The summed E-state index contributed by atoms with van der Waals surface area (Å²) in [4.78, 5) is 0. The number of aliphatic hydroxyl groups excluding tert-OH is 2. The zero-order chi connectivity index (χ0) is 11.0. The van der Waals surface area contributed by atoms with Gasteiger partial charge in [0.05, 0.1) is 6.10 Å². The molecule has 0 saturated carbocycles. The van der Waals surface area contributed by atoms with Gasteiger partial charge in [-0.1, -0.05) is 20.3 Å². The molecule has 0 saturated heterocycles. The van der Waals surface area contributed by atoms with Crippen molar-refractivity contribution in [2.45, 2.75) is 52.2 Å². The molecule has 0 fully saturated rings. The average molecular weight is 203 g/mol. The second-order valence-electron chi connectivity index (χ2n) is 4.13. The van der Waals surface area contributed by atoms with Gasteiger partial charge >= 0.3 is 0 Å². The van der Waals surface area contributed by atoms with Gasteiger partial charge in [0.25, 0.3) is 0 Å². The highest BCUT2D eigenvalue weighted by Gasteiger charge is 2.12. The van der Waals surface area contributed by atoms with Crippen molar-refractivity contribution in [3.8, 4) is 0 Å². The summed E-state index contributed by atoms with van der Waals surface area (Å²) in [5, 5.41) is 21.6. The molecule has 0 spiro atoms. The predicted molar refractivity (Wildman–Crippen MR) is 59.2 cm³/mol. The van der Waals surface area contributed by atoms with Crippen molar-refractivity contribution in [3.63, 3.8) is 0 Å². The first-order valence-corrected chi connectivity index (χ1v) is 5.64. The highest BCUT2D eigenvalue weighted by molar-refractivity contribution is 4.69. The summed E-state index contributed by atoms with van der Waals surface area (Å²) in [7, 11) is 0. The maximum Gasteiger partial charge on any atom is 0.0690 e. The van der Waals surface area contributed by atoms with Crippen molar-refractivity contribution in [1.82, 2.24) is 5.32 Å². The Morgan fingerprint density at radius 3 is 2.43 bits per heavy atom. The van der Waals surface area contributed by atoms with Gasteiger partial charge in [-0.05, 0) is 25.7 Å². The summed E-state index contributed by atoms with van der Waals surface area (Å²) in [5.41, 5.74) is 0. The molecule has 0 radical (unpaired) electrons. The molecular weight excluding hydrogens is 178 g/mol. The zero-order valence-electron chi connectivity index (χ0n) is 9.66. The van der Waals surface area contributed by atoms with Crippen molar-refractivity contribution >= 4 is 0 Å². The Hall–Kier alpha value is -0.120. The molecule has 0 aliphatic rings. The van der Waals surface area contributed by atoms with Crippen LogP contribution in [0.1, 0.15) is 40.0 Å². The zero-order valence-corrected chi connectivity index (χ0v) is 9.66. The summed E-state index contributed by atoms with van der Waals surface area (Å²) in [5.74, 6) is 0.354. The fourth-order valence-corrected chi connectivity index (χ4v) is 1.29. The van der Waals surface area contributed by atoms with Crippen LogP contribution < -0.4 is 5.32 Å². The maximum absolute atomic E-state index is 9.68. The van der Waals surface area contributed by atoms with Crippen LogP contribution in [-0.4, -0.2) is 35.5 Å². The summed E-state index contributed by atoms with van der Waals surface area (Å²) >= 11 is 0. The van der Waals surface area contributed by atoms with E-state index in [0.29, 0.717) is 18.5 Å². The first kappa shape index (κ1) is 13.9. The Morgan fingerprint density at radius 1 is 1.29 bits per heavy atom. The molecular formula is C11H25NO2. The highest BCUT2D eigenvalue weighted by Crippen LogP contribution is 2.06. The molecule has 86 valence electrons. The molecule has 0 aliphatic heterocycles. The summed E-state index contributed by atoms with van der Waals surface area (Å²) in [6, 6.07) is 0.376. The monoisotopic (exact) mass is 203 g/mol. The van der Waals surface area contributed by atoms with Gasteiger partial charge in [-0.15, -0.1) is 0 Å². The molecule has 3 unspecified atom stereocenters. The Kier molecular flexibility index (Phi) is 8.14. The summed E-state index contributed by atoms with van der Waals surface area (Å²) < 4.78 is 0. The third kappa shape index (κ3) is 6.35. The topological polar surface area (TPSA) is 52.5 Å². The predicted octanol–water partition coefficient (Wildman–Crippen LogP) is 1.14. The number of aliphatic hydroxyl groups is 2. The van der Waals surface area contributed by atoms with Gasteiger partial charge in [0.2, 0.25) is 0 Å². The van der Waals surface area contributed by atoms with Crippen LogP contribution in [0.5, 0.6) is 0 Å². The van der Waals surface area contributed by atoms with Gasteiger partial charge in [0.15, 0.2) is 0 Å². The molecule has 0 rings (SSSR count). The van der Waals surface area contributed by atoms with Crippen molar-refractivity contribution < 1.29 is 10.2 Å². The summed E-state index contributed by atoms with van der Waals surface area (Å²) in [6.07, 6.45) is 2.54. The first-order valence-electron chi connectivity index (χ1n) is 5.64. The van der Waals surface area contributed by atoms with Crippen molar-refractivity contribution in [3.05, 3.63) is 0 Å². The van der Waals surface area contributed by atoms with E-state index in [1.54, 1.807) is 0 Å². The van der Waals surface area contributed by atoms with Gasteiger partial charge in [-0.25, -0.2) is 0 Å². The van der Waals surface area contributed by atoms with E-state index in [2.05, 4.69) is 26.1 Å². The minimum Gasteiger partial charge on any atom is -0.396 e. The molecule has 14 heavy (non-hydrogen) atoms. The van der Waals surface area contributed by atoms with Gasteiger partial charge in [-0.3, -0.25) is 0 Å². The summed E-state index contributed by atoms with van der Waals surface area (Å²) in [6.45, 7) is 7.13. The second-order valence-corrected chi connectivity index (χ2v) is 4.13. The standard InChI is InChI=1S/C11H25NO2/c1-4-9(2)11(14)8-12-10(3)6-5-7-13/h9-14H,4-8H2,1-3H3. The van der Waals surface area contributed by atoms with Crippen molar-refractivity contribution in [2.75, 3.05) is 13.2 Å². The molecule has 0 aliphatic carbocycles. The van der Waals surface area contributed by atoms with Crippen LogP contribution in [0, 0.1) is 5.92 Å². The van der Waals surface area contributed by atoms with Crippen LogP contribution >= 0.6 is 0 Å². The average Bonchev–Trinajstić information content (AvgIpc) is 2.21. The second kappa shape index (κ2) is 8.21. The van der Waals surface area contributed by atoms with E-state index in [1.807, 2.05) is 0 Å². The van der Waals surface area contributed by atoms with E-state index < -0.39 is 0 Å².